The molecule has 0 saturated heterocycles. The fourth-order valence-corrected chi connectivity index (χ4v) is 8.65. The summed E-state index contributed by atoms with van der Waals surface area (Å²) in [6.45, 7) is 7.94. The summed E-state index contributed by atoms with van der Waals surface area (Å²) in [5.74, 6) is 27.0. The molecule has 6 aromatic rings. The van der Waals surface area contributed by atoms with Gasteiger partial charge in [0.15, 0.2) is 17.9 Å². The van der Waals surface area contributed by atoms with Gasteiger partial charge in [-0.3, -0.25) is 20.0 Å². The molecule has 81 heavy (non-hydrogen) atoms. The van der Waals surface area contributed by atoms with Crippen molar-refractivity contribution in [2.45, 2.75) is 79.1 Å². The lowest BCUT2D eigenvalue weighted by atomic mass is 9.98. The van der Waals surface area contributed by atoms with Crippen molar-refractivity contribution in [2.24, 2.45) is 77.3 Å². The number of benzene rings is 6. The quantitative estimate of drug-likeness (QED) is 0.0263. The first kappa shape index (κ1) is 64.2. The van der Waals surface area contributed by atoms with E-state index in [1.807, 2.05) is 66.7 Å². The van der Waals surface area contributed by atoms with Gasteiger partial charge in [0, 0.05) is 70.7 Å². The summed E-state index contributed by atoms with van der Waals surface area (Å²) in [7, 11) is 0. The minimum absolute atomic E-state index is 0. The molecule has 0 aliphatic carbocycles. The maximum Gasteiger partial charge on any atom is 0.185 e. The van der Waals surface area contributed by atoms with Crippen LogP contribution < -0.4 is 57.3 Å². The van der Waals surface area contributed by atoms with Crippen LogP contribution in [-0.2, 0) is 51.4 Å². The lowest BCUT2D eigenvalue weighted by Gasteiger charge is -2.09. The number of hydrogen-bond donors (Lipinski definition) is 10. The predicted octanol–water partition coefficient (Wildman–Crippen LogP) is 5.43. The van der Waals surface area contributed by atoms with E-state index in [4.69, 9.17) is 57.3 Å². The van der Waals surface area contributed by atoms with Crippen molar-refractivity contribution in [1.29, 1.82) is 0 Å². The Morgan fingerprint density at radius 2 is 0.568 bits per heavy atom. The molecule has 20 N–H and O–H groups in total. The maximum atomic E-state index is 5.81. The molecule has 0 amide bonds. The lowest BCUT2D eigenvalue weighted by molar-refractivity contribution is 0.878. The van der Waals surface area contributed by atoms with Crippen LogP contribution in [0.3, 0.4) is 0 Å². The zero-order chi connectivity index (χ0) is 57.5. The Labute approximate surface area is 481 Å². The SMILES string of the molecule is C.CC(N)=NCCc1ccc(C#Cc2cccc(C#Cc3ccc(CCN=C(N)N)c(CCN=C(N)N)c3)c2)cc1CCN=C(N)N.CCCc1ccc(C#Cc2cccc(C#Cc3ccc(CCN)c(CCN)c3)c2)cc1CCN. The first-order valence-corrected chi connectivity index (χ1v) is 27.0. The summed E-state index contributed by atoms with van der Waals surface area (Å²) in [4.78, 5) is 16.7. The van der Waals surface area contributed by atoms with Gasteiger partial charge < -0.3 is 57.3 Å². The van der Waals surface area contributed by atoms with E-state index in [2.05, 4.69) is 129 Å². The summed E-state index contributed by atoms with van der Waals surface area (Å²) in [5, 5.41) is 0. The van der Waals surface area contributed by atoms with E-state index < -0.39 is 0 Å². The Balaban J connectivity index is 0.000000359. The zero-order valence-corrected chi connectivity index (χ0v) is 46.4. The molecule has 14 heteroatoms. The largest absolute Gasteiger partial charge is 0.388 e. The van der Waals surface area contributed by atoms with Crippen molar-refractivity contribution in [2.75, 3.05) is 45.8 Å². The lowest BCUT2D eigenvalue weighted by Crippen LogP contribution is -2.23. The van der Waals surface area contributed by atoms with Crippen molar-refractivity contribution < 1.29 is 0 Å². The number of nitrogens with zero attached hydrogens (tertiary/aromatic N) is 4. The van der Waals surface area contributed by atoms with Gasteiger partial charge in [-0.25, -0.2) is 0 Å². The van der Waals surface area contributed by atoms with E-state index in [1.165, 1.54) is 27.8 Å². The molecule has 0 atom stereocenters. The number of nitrogens with two attached hydrogens (primary N) is 10. The molecule has 0 aliphatic heterocycles. The molecular weight excluding hydrogens is 1000 g/mol. The van der Waals surface area contributed by atoms with Crippen LogP contribution in [0, 0.1) is 47.4 Å². The summed E-state index contributed by atoms with van der Waals surface area (Å²) in [6.07, 6.45) is 7.58. The third-order valence-electron chi connectivity index (χ3n) is 12.5. The Kier molecular flexibility index (Phi) is 28.0. The molecule has 0 bridgehead atoms. The average Bonchev–Trinajstić information content (AvgIpc) is 3.46. The first-order valence-electron chi connectivity index (χ1n) is 27.0. The van der Waals surface area contributed by atoms with Crippen molar-refractivity contribution in [1.82, 2.24) is 0 Å². The van der Waals surface area contributed by atoms with Crippen LogP contribution in [0.2, 0.25) is 0 Å². The third kappa shape index (κ3) is 23.7. The van der Waals surface area contributed by atoms with E-state index in [-0.39, 0.29) is 25.3 Å². The Morgan fingerprint density at radius 3 is 0.852 bits per heavy atom. The van der Waals surface area contributed by atoms with Gasteiger partial charge in [0.25, 0.3) is 0 Å². The van der Waals surface area contributed by atoms with Gasteiger partial charge in [-0.05, 0) is 207 Å². The molecule has 0 unspecified atom stereocenters. The van der Waals surface area contributed by atoms with Gasteiger partial charge in [0.05, 0.1) is 5.84 Å². The van der Waals surface area contributed by atoms with E-state index in [0.29, 0.717) is 70.9 Å². The second-order valence-corrected chi connectivity index (χ2v) is 18.9. The van der Waals surface area contributed by atoms with E-state index >= 15 is 0 Å². The molecule has 0 heterocycles. The number of amidine groups is 1. The Morgan fingerprint density at radius 1 is 0.321 bits per heavy atom. The smallest absolute Gasteiger partial charge is 0.185 e. The van der Waals surface area contributed by atoms with Gasteiger partial charge in [-0.1, -0.05) is 105 Å². The van der Waals surface area contributed by atoms with Crippen molar-refractivity contribution >= 4 is 23.7 Å². The number of hydrogen-bond acceptors (Lipinski definition) is 7. The molecule has 0 aromatic heterocycles. The zero-order valence-electron chi connectivity index (χ0n) is 46.4. The molecule has 0 aliphatic rings. The van der Waals surface area contributed by atoms with Gasteiger partial charge in [0.1, 0.15) is 0 Å². The number of rotatable bonds is 20. The van der Waals surface area contributed by atoms with Crippen molar-refractivity contribution in [3.05, 3.63) is 210 Å². The average molecular weight is 1080 g/mol. The summed E-state index contributed by atoms with van der Waals surface area (Å²) in [5.41, 5.74) is 73.1. The van der Waals surface area contributed by atoms with Crippen LogP contribution in [0.4, 0.5) is 0 Å². The molecule has 0 radical (unpaired) electrons. The van der Waals surface area contributed by atoms with Gasteiger partial charge in [0.2, 0.25) is 0 Å². The minimum Gasteiger partial charge on any atom is -0.388 e. The highest BCUT2D eigenvalue weighted by Gasteiger charge is 2.08. The van der Waals surface area contributed by atoms with Crippen LogP contribution in [0.1, 0.15) is 117 Å². The van der Waals surface area contributed by atoms with Gasteiger partial charge >= 0.3 is 0 Å². The van der Waals surface area contributed by atoms with E-state index in [0.717, 1.165) is 99.7 Å². The normalized spacial score (nSPS) is 10.3. The van der Waals surface area contributed by atoms with E-state index in [1.54, 1.807) is 6.92 Å². The second-order valence-electron chi connectivity index (χ2n) is 18.9. The Bertz CT molecular complexity index is 3180. The second kappa shape index (κ2) is 35.3. The monoisotopic (exact) mass is 1080 g/mol. The first-order chi connectivity index (χ1) is 38.7. The van der Waals surface area contributed by atoms with Crippen molar-refractivity contribution in [3.8, 4) is 47.4 Å². The van der Waals surface area contributed by atoms with Gasteiger partial charge in [-0.15, -0.1) is 0 Å². The van der Waals surface area contributed by atoms with Crippen LogP contribution in [-0.4, -0.2) is 69.5 Å². The molecule has 0 fully saturated rings. The van der Waals surface area contributed by atoms with Crippen LogP contribution in [0.15, 0.2) is 141 Å². The summed E-state index contributed by atoms with van der Waals surface area (Å²) >= 11 is 0. The standard InChI is InChI=1S/C35H43N11.C31H35N3.CH4/c1-24(36)43-17-13-29-11-9-27(22-31(29)15-19-45-34(39)40)7-5-25-3-2-4-26(21-25)6-8-28-10-12-30(14-18-44-33(37)38)32(23-28)16-20-46-35(41)42;1-2-4-28-13-11-26(22-30(28)16-19-33)9-7-24-5-3-6-25(21-24)8-10-27-12-14-29(15-18-32)31(23-27)17-20-34;/h2-4,9-12,21-23H,13-20H2,1H3,(H2,36,43)(H4,37,38,44)(H4,39,40,45)(H4,41,42,46);3,5-6,11-14,21-23H,2,4,15-20,32-34H2,1H3;1H4. The molecular formula is C67H82N14. The van der Waals surface area contributed by atoms with Gasteiger partial charge in [-0.2, -0.15) is 0 Å². The fraction of sp³-hybridized carbons (Fsp3) is 0.284. The third-order valence-corrected chi connectivity index (χ3v) is 12.5. The molecule has 6 aromatic carbocycles. The van der Waals surface area contributed by atoms with Crippen LogP contribution in [0.5, 0.6) is 0 Å². The minimum atomic E-state index is 0. The summed E-state index contributed by atoms with van der Waals surface area (Å²) in [6, 6.07) is 41.0. The van der Waals surface area contributed by atoms with E-state index in [9.17, 15) is 0 Å². The molecule has 0 spiro atoms. The van der Waals surface area contributed by atoms with Crippen LogP contribution in [0.25, 0.3) is 0 Å². The number of aryl methyl sites for hydroxylation is 1. The van der Waals surface area contributed by atoms with Crippen molar-refractivity contribution in [3.63, 3.8) is 0 Å². The molecule has 0 saturated carbocycles. The molecule has 6 rings (SSSR count). The Hall–Kier alpha value is -9.28. The highest BCUT2D eigenvalue weighted by Crippen LogP contribution is 2.19. The number of aliphatic imine (C=N–C) groups is 4. The molecule has 420 valence electrons. The highest BCUT2D eigenvalue weighted by molar-refractivity contribution is 5.77. The predicted molar refractivity (Wildman–Crippen MR) is 341 cm³/mol. The highest BCUT2D eigenvalue weighted by atomic mass is 15.0. The molecule has 14 nitrogen and oxygen atoms in total. The van der Waals surface area contributed by atoms with Crippen LogP contribution >= 0.6 is 0 Å². The maximum absolute atomic E-state index is 5.81. The topological polar surface area (TPSA) is 310 Å². The fourth-order valence-electron chi connectivity index (χ4n) is 8.65. The summed E-state index contributed by atoms with van der Waals surface area (Å²) < 4.78 is 0. The number of guanidine groups is 3.